The standard InChI is InChI=1S/C14H7NO4/c16-13-7-12(15(18)19)14(17)11-6-9-4-2-1-3-8(9)5-10(11)13/h1-7H. The number of carbonyl (C=O) groups excluding carboxylic acids is 2. The Hall–Kier alpha value is -2.82. The highest BCUT2D eigenvalue weighted by Gasteiger charge is 2.33. The predicted octanol–water partition coefficient (Wildman–Crippen LogP) is 2.38. The first-order chi connectivity index (χ1) is 9.08. The number of rotatable bonds is 1. The summed E-state index contributed by atoms with van der Waals surface area (Å²) in [5, 5.41) is 12.3. The van der Waals surface area contributed by atoms with Crippen molar-refractivity contribution in [3.63, 3.8) is 0 Å². The lowest BCUT2D eigenvalue weighted by Crippen LogP contribution is -2.21. The molecule has 5 nitrogen and oxygen atoms in total. The van der Waals surface area contributed by atoms with Crippen molar-refractivity contribution in [1.29, 1.82) is 0 Å². The van der Waals surface area contributed by atoms with Gasteiger partial charge in [-0.15, -0.1) is 0 Å². The van der Waals surface area contributed by atoms with Gasteiger partial charge in [0.05, 0.1) is 11.0 Å². The molecule has 0 aliphatic heterocycles. The van der Waals surface area contributed by atoms with E-state index in [1.165, 1.54) is 6.07 Å². The van der Waals surface area contributed by atoms with Crippen molar-refractivity contribution in [3.8, 4) is 0 Å². The summed E-state index contributed by atoms with van der Waals surface area (Å²) in [6.07, 6.45) is 0.791. The summed E-state index contributed by atoms with van der Waals surface area (Å²) in [7, 11) is 0. The highest BCUT2D eigenvalue weighted by Crippen LogP contribution is 2.26. The van der Waals surface area contributed by atoms with Crippen LogP contribution in [0.3, 0.4) is 0 Å². The summed E-state index contributed by atoms with van der Waals surface area (Å²) in [5.41, 5.74) is -0.361. The molecule has 3 rings (SSSR count). The fourth-order valence-corrected chi connectivity index (χ4v) is 2.17. The van der Waals surface area contributed by atoms with Crippen LogP contribution < -0.4 is 0 Å². The van der Waals surface area contributed by atoms with Gasteiger partial charge in [-0.1, -0.05) is 24.3 Å². The number of benzene rings is 2. The molecule has 0 saturated heterocycles. The highest BCUT2D eigenvalue weighted by molar-refractivity contribution is 6.25. The summed E-state index contributed by atoms with van der Waals surface area (Å²) in [5.74, 6) is -1.22. The lowest BCUT2D eigenvalue weighted by atomic mass is 9.90. The van der Waals surface area contributed by atoms with E-state index in [0.29, 0.717) is 0 Å². The van der Waals surface area contributed by atoms with Crippen molar-refractivity contribution in [2.24, 2.45) is 0 Å². The van der Waals surface area contributed by atoms with Crippen molar-refractivity contribution < 1.29 is 14.5 Å². The first-order valence-electron chi connectivity index (χ1n) is 5.56. The minimum absolute atomic E-state index is 0.0953. The zero-order valence-corrected chi connectivity index (χ0v) is 9.62. The smallest absolute Gasteiger partial charge is 0.289 e. The monoisotopic (exact) mass is 253 g/mol. The molecule has 0 N–H and O–H groups in total. The van der Waals surface area contributed by atoms with Crippen LogP contribution in [-0.2, 0) is 0 Å². The number of ketones is 2. The molecule has 0 bridgehead atoms. The molecule has 0 fully saturated rings. The Balaban J connectivity index is 2.30. The van der Waals surface area contributed by atoms with Crippen LogP contribution in [0.2, 0.25) is 0 Å². The normalized spacial score (nSPS) is 14.2. The third-order valence-electron chi connectivity index (χ3n) is 3.09. The average molecular weight is 253 g/mol. The first-order valence-corrected chi connectivity index (χ1v) is 5.56. The van der Waals surface area contributed by atoms with Gasteiger partial charge >= 0.3 is 5.70 Å². The molecular formula is C14H7NO4. The molecule has 19 heavy (non-hydrogen) atoms. The van der Waals surface area contributed by atoms with E-state index in [-0.39, 0.29) is 11.1 Å². The fraction of sp³-hybridized carbons (Fsp3) is 0. The number of Topliss-reactive ketones (excluding diaryl/α,β-unsaturated/α-hetero) is 1. The van der Waals surface area contributed by atoms with E-state index >= 15 is 0 Å². The Morgan fingerprint density at radius 1 is 0.947 bits per heavy atom. The summed E-state index contributed by atoms with van der Waals surface area (Å²) < 4.78 is 0. The van der Waals surface area contributed by atoms with Crippen LogP contribution in [0.5, 0.6) is 0 Å². The van der Waals surface area contributed by atoms with E-state index < -0.39 is 22.2 Å². The molecule has 0 aromatic heterocycles. The molecule has 0 heterocycles. The van der Waals surface area contributed by atoms with Crippen molar-refractivity contribution in [1.82, 2.24) is 0 Å². The number of carbonyl (C=O) groups is 2. The first kappa shape index (κ1) is 11.3. The Morgan fingerprint density at radius 2 is 1.53 bits per heavy atom. The second kappa shape index (κ2) is 3.84. The van der Waals surface area contributed by atoms with E-state index in [4.69, 9.17) is 0 Å². The lowest BCUT2D eigenvalue weighted by molar-refractivity contribution is -0.416. The Kier molecular flexibility index (Phi) is 2.28. The van der Waals surface area contributed by atoms with Gasteiger partial charge in [0.15, 0.2) is 5.78 Å². The molecule has 1 aliphatic rings. The van der Waals surface area contributed by atoms with Crippen molar-refractivity contribution in [2.45, 2.75) is 0 Å². The molecule has 5 heteroatoms. The van der Waals surface area contributed by atoms with Crippen LogP contribution in [0.4, 0.5) is 0 Å². The second-order valence-electron chi connectivity index (χ2n) is 4.23. The molecule has 0 unspecified atom stereocenters. The Morgan fingerprint density at radius 3 is 2.11 bits per heavy atom. The summed E-state index contributed by atoms with van der Waals surface area (Å²) in [6, 6.07) is 10.4. The Labute approximate surface area is 107 Å². The van der Waals surface area contributed by atoms with Gasteiger partial charge in [-0.25, -0.2) is 0 Å². The van der Waals surface area contributed by atoms with E-state index in [0.717, 1.165) is 16.8 Å². The van der Waals surface area contributed by atoms with Crippen molar-refractivity contribution in [2.75, 3.05) is 0 Å². The molecule has 0 amide bonds. The Bertz CT molecular complexity index is 789. The van der Waals surface area contributed by atoms with E-state index in [2.05, 4.69) is 0 Å². The molecule has 0 saturated carbocycles. The van der Waals surface area contributed by atoms with Gasteiger partial charge in [0.1, 0.15) is 0 Å². The van der Waals surface area contributed by atoms with Crippen LogP contribution in [0.25, 0.3) is 10.8 Å². The molecule has 0 spiro atoms. The van der Waals surface area contributed by atoms with Gasteiger partial charge in [0.2, 0.25) is 0 Å². The number of fused-ring (bicyclic) bond motifs is 2. The number of nitrogens with zero attached hydrogens (tertiary/aromatic N) is 1. The largest absolute Gasteiger partial charge is 0.320 e. The van der Waals surface area contributed by atoms with Gasteiger partial charge in [-0.2, -0.15) is 0 Å². The van der Waals surface area contributed by atoms with Gasteiger partial charge in [-0.3, -0.25) is 19.7 Å². The average Bonchev–Trinajstić information content (AvgIpc) is 2.41. The predicted molar refractivity (Wildman–Crippen MR) is 67.7 cm³/mol. The molecule has 1 aliphatic carbocycles. The fourth-order valence-electron chi connectivity index (χ4n) is 2.17. The SMILES string of the molecule is O=C1C=C([N+](=O)[O-])C(=O)c2cc3ccccc3cc21. The van der Waals surface area contributed by atoms with E-state index in [1.807, 2.05) is 12.1 Å². The van der Waals surface area contributed by atoms with Crippen LogP contribution in [0, 0.1) is 10.1 Å². The minimum Gasteiger partial charge on any atom is -0.289 e. The van der Waals surface area contributed by atoms with Gasteiger partial charge in [0, 0.05) is 11.1 Å². The van der Waals surface area contributed by atoms with Crippen molar-refractivity contribution >= 4 is 22.3 Å². The van der Waals surface area contributed by atoms with Crippen LogP contribution in [0.1, 0.15) is 20.7 Å². The summed E-state index contributed by atoms with van der Waals surface area (Å²) in [4.78, 5) is 33.8. The van der Waals surface area contributed by atoms with Crippen molar-refractivity contribution in [3.05, 3.63) is 69.4 Å². The maximum Gasteiger partial charge on any atom is 0.320 e. The molecule has 92 valence electrons. The zero-order valence-electron chi connectivity index (χ0n) is 9.62. The summed E-state index contributed by atoms with van der Waals surface area (Å²) in [6.45, 7) is 0. The molecule has 2 aromatic rings. The number of allylic oxidation sites excluding steroid dienone is 2. The quantitative estimate of drug-likeness (QED) is 0.577. The maximum absolute atomic E-state index is 12.0. The summed E-state index contributed by atoms with van der Waals surface area (Å²) >= 11 is 0. The molecule has 2 aromatic carbocycles. The van der Waals surface area contributed by atoms with Gasteiger partial charge in [0.25, 0.3) is 5.78 Å². The molecular weight excluding hydrogens is 246 g/mol. The van der Waals surface area contributed by atoms with Crippen LogP contribution in [0.15, 0.2) is 48.2 Å². The van der Waals surface area contributed by atoms with Gasteiger partial charge < -0.3 is 0 Å². The number of nitro groups is 1. The van der Waals surface area contributed by atoms with E-state index in [9.17, 15) is 19.7 Å². The van der Waals surface area contributed by atoms with Crippen LogP contribution >= 0.6 is 0 Å². The molecule has 0 radical (unpaired) electrons. The van der Waals surface area contributed by atoms with E-state index in [1.54, 1.807) is 18.2 Å². The minimum atomic E-state index is -0.821. The molecule has 0 atom stereocenters. The maximum atomic E-state index is 12.0. The van der Waals surface area contributed by atoms with Gasteiger partial charge in [-0.05, 0) is 22.9 Å². The number of hydrogen-bond acceptors (Lipinski definition) is 4. The third-order valence-corrected chi connectivity index (χ3v) is 3.09. The van der Waals surface area contributed by atoms with Crippen LogP contribution in [-0.4, -0.2) is 16.5 Å². The number of hydrogen-bond donors (Lipinski definition) is 0. The zero-order chi connectivity index (χ0) is 13.6. The second-order valence-corrected chi connectivity index (χ2v) is 4.23. The third kappa shape index (κ3) is 1.63. The lowest BCUT2D eigenvalue weighted by Gasteiger charge is -2.11. The topological polar surface area (TPSA) is 77.3 Å². The highest BCUT2D eigenvalue weighted by atomic mass is 16.6.